The van der Waals surface area contributed by atoms with Gasteiger partial charge in [-0.25, -0.2) is 9.97 Å². The number of carbonyl (C=O) groups excluding carboxylic acids is 1. The Bertz CT molecular complexity index is 1320. The molecule has 2 aromatic carbocycles. The maximum atomic E-state index is 11.5. The van der Waals surface area contributed by atoms with Gasteiger partial charge in [-0.2, -0.15) is 5.10 Å². The van der Waals surface area contributed by atoms with E-state index >= 15 is 0 Å². The van der Waals surface area contributed by atoms with E-state index in [1.54, 1.807) is 18.2 Å². The van der Waals surface area contributed by atoms with Crippen LogP contribution in [0.15, 0.2) is 52.5 Å². The van der Waals surface area contributed by atoms with Crippen molar-refractivity contribution in [1.29, 1.82) is 0 Å². The minimum Gasteiger partial charge on any atom is -0.383 e. The van der Waals surface area contributed by atoms with Crippen LogP contribution in [0.1, 0.15) is 12.6 Å². The van der Waals surface area contributed by atoms with Crippen molar-refractivity contribution in [1.82, 2.24) is 20.2 Å². The molecule has 0 saturated carbocycles. The number of nitrogen functional groups attached to an aromatic ring is 1. The number of nitrogens with two attached hydrogens (primary N) is 1. The molecule has 0 unspecified atom stereocenters. The van der Waals surface area contributed by atoms with Crippen LogP contribution in [-0.2, 0) is 4.79 Å². The summed E-state index contributed by atoms with van der Waals surface area (Å²) in [4.78, 5) is 31.9. The fourth-order valence-corrected chi connectivity index (χ4v) is 3.85. The molecule has 0 bridgehead atoms. The Hall–Kier alpha value is -3.99. The maximum Gasteiger partial charge on any atom is 0.272 e. The first-order valence-electron chi connectivity index (χ1n) is 9.13. The van der Waals surface area contributed by atoms with Gasteiger partial charge in [-0.1, -0.05) is 0 Å². The molecule has 0 aliphatic heterocycles. The lowest BCUT2D eigenvalue weighted by atomic mass is 10.0. The van der Waals surface area contributed by atoms with E-state index in [0.717, 1.165) is 10.6 Å². The molecule has 1 amide bonds. The first-order chi connectivity index (χ1) is 14.8. The summed E-state index contributed by atoms with van der Waals surface area (Å²) < 4.78 is 0. The van der Waals surface area contributed by atoms with Crippen LogP contribution in [0.5, 0.6) is 0 Å². The number of H-pyrrole nitrogens is 1. The van der Waals surface area contributed by atoms with Crippen LogP contribution in [0.4, 0.5) is 17.2 Å². The summed E-state index contributed by atoms with van der Waals surface area (Å²) in [6, 6.07) is 11.7. The molecule has 11 heteroatoms. The van der Waals surface area contributed by atoms with E-state index in [0.29, 0.717) is 33.0 Å². The third-order valence-electron chi connectivity index (χ3n) is 4.37. The van der Waals surface area contributed by atoms with Gasteiger partial charge in [0.1, 0.15) is 5.82 Å². The number of rotatable bonds is 5. The quantitative estimate of drug-likeness (QED) is 0.242. The van der Waals surface area contributed by atoms with Crippen molar-refractivity contribution in [2.45, 2.75) is 23.9 Å². The standard InChI is InChI=1S/C20H17N7O3S/c1-10-7-16(26-25-10)15-8-13(27(29)30)9-17-18(15)19(21)24-20(23-17)31-14-5-3-12(4-6-14)22-11(2)28/h3-9H,1-2H3,(H,22,28)(H,25,26)(H2,21,23,24). The lowest BCUT2D eigenvalue weighted by Gasteiger charge is -2.09. The fourth-order valence-electron chi connectivity index (χ4n) is 3.08. The number of fused-ring (bicyclic) bond motifs is 1. The molecule has 0 fully saturated rings. The van der Waals surface area contributed by atoms with Crippen molar-refractivity contribution >= 4 is 45.8 Å². The van der Waals surface area contributed by atoms with Crippen molar-refractivity contribution in [3.8, 4) is 11.3 Å². The molecule has 2 heterocycles. The van der Waals surface area contributed by atoms with Crippen LogP contribution in [0.25, 0.3) is 22.2 Å². The molecular formula is C20H17N7O3S. The van der Waals surface area contributed by atoms with Crippen molar-refractivity contribution in [2.75, 3.05) is 11.1 Å². The van der Waals surface area contributed by atoms with Crippen molar-refractivity contribution < 1.29 is 9.72 Å². The second kappa shape index (κ2) is 8.03. The molecule has 10 nitrogen and oxygen atoms in total. The van der Waals surface area contributed by atoms with Crippen LogP contribution in [0, 0.1) is 17.0 Å². The van der Waals surface area contributed by atoms with Gasteiger partial charge in [0.25, 0.3) is 5.69 Å². The van der Waals surface area contributed by atoms with E-state index in [1.807, 2.05) is 19.1 Å². The Labute approximate surface area is 180 Å². The number of benzene rings is 2. The highest BCUT2D eigenvalue weighted by atomic mass is 32.2. The molecule has 2 aromatic heterocycles. The monoisotopic (exact) mass is 435 g/mol. The van der Waals surface area contributed by atoms with Gasteiger partial charge in [0.2, 0.25) is 5.91 Å². The Morgan fingerprint density at radius 2 is 1.94 bits per heavy atom. The number of nitro benzene ring substituents is 1. The van der Waals surface area contributed by atoms with Crippen LogP contribution >= 0.6 is 11.8 Å². The van der Waals surface area contributed by atoms with Gasteiger partial charge in [-0.05, 0) is 49.0 Å². The summed E-state index contributed by atoms with van der Waals surface area (Å²) in [7, 11) is 0. The van der Waals surface area contributed by atoms with Gasteiger partial charge in [0, 0.05) is 40.9 Å². The second-order valence-electron chi connectivity index (χ2n) is 6.78. The fraction of sp³-hybridized carbons (Fsp3) is 0.100. The summed E-state index contributed by atoms with van der Waals surface area (Å²) in [6.07, 6.45) is 0. The SMILES string of the molecule is CC(=O)Nc1ccc(Sc2nc(N)c3c(-c4cc(C)[nH]n4)cc([N+](=O)[O-])cc3n2)cc1. The third kappa shape index (κ3) is 4.31. The molecule has 0 radical (unpaired) electrons. The van der Waals surface area contributed by atoms with Crippen molar-refractivity contribution in [3.63, 3.8) is 0 Å². The predicted molar refractivity (Wildman–Crippen MR) is 118 cm³/mol. The average molecular weight is 435 g/mol. The van der Waals surface area contributed by atoms with Gasteiger partial charge >= 0.3 is 0 Å². The highest BCUT2D eigenvalue weighted by Gasteiger charge is 2.19. The minimum atomic E-state index is -0.478. The van der Waals surface area contributed by atoms with E-state index in [-0.39, 0.29) is 17.4 Å². The predicted octanol–water partition coefficient (Wildman–Crippen LogP) is 3.93. The van der Waals surface area contributed by atoms with E-state index in [2.05, 4.69) is 25.5 Å². The Kier molecular flexibility index (Phi) is 5.26. The average Bonchev–Trinajstić information content (AvgIpc) is 3.14. The van der Waals surface area contributed by atoms with Gasteiger partial charge in [0.05, 0.1) is 21.5 Å². The summed E-state index contributed by atoms with van der Waals surface area (Å²) in [5, 5.41) is 22.1. The number of aryl methyl sites for hydroxylation is 1. The molecule has 31 heavy (non-hydrogen) atoms. The zero-order valence-corrected chi connectivity index (χ0v) is 17.4. The van der Waals surface area contributed by atoms with Crippen LogP contribution in [-0.4, -0.2) is 31.0 Å². The molecule has 4 aromatic rings. The van der Waals surface area contributed by atoms with Crippen molar-refractivity contribution in [2.24, 2.45) is 0 Å². The molecule has 156 valence electrons. The van der Waals surface area contributed by atoms with Gasteiger partial charge < -0.3 is 11.1 Å². The highest BCUT2D eigenvalue weighted by molar-refractivity contribution is 7.99. The van der Waals surface area contributed by atoms with Crippen LogP contribution < -0.4 is 11.1 Å². The number of hydrogen-bond acceptors (Lipinski definition) is 8. The number of nitrogens with one attached hydrogen (secondary N) is 2. The number of carbonyl (C=O) groups is 1. The first-order valence-corrected chi connectivity index (χ1v) is 9.95. The molecule has 0 aliphatic rings. The summed E-state index contributed by atoms with van der Waals surface area (Å²) >= 11 is 1.26. The number of nitrogens with zero attached hydrogens (tertiary/aromatic N) is 4. The lowest BCUT2D eigenvalue weighted by Crippen LogP contribution is -2.05. The van der Waals surface area contributed by atoms with Crippen molar-refractivity contribution in [3.05, 3.63) is 58.3 Å². The number of hydrogen-bond donors (Lipinski definition) is 3. The molecule has 4 N–H and O–H groups in total. The zero-order chi connectivity index (χ0) is 22.1. The molecule has 0 spiro atoms. The molecule has 0 aliphatic carbocycles. The minimum absolute atomic E-state index is 0.114. The summed E-state index contributed by atoms with van der Waals surface area (Å²) in [6.45, 7) is 3.27. The lowest BCUT2D eigenvalue weighted by molar-refractivity contribution is -0.384. The van der Waals surface area contributed by atoms with Crippen LogP contribution in [0.3, 0.4) is 0 Å². The Balaban J connectivity index is 1.77. The number of amides is 1. The van der Waals surface area contributed by atoms with E-state index in [1.165, 1.54) is 30.8 Å². The number of aromatic nitrogens is 4. The smallest absolute Gasteiger partial charge is 0.272 e. The number of non-ortho nitro benzene ring substituents is 1. The third-order valence-corrected chi connectivity index (χ3v) is 5.24. The van der Waals surface area contributed by atoms with E-state index in [4.69, 9.17) is 5.73 Å². The van der Waals surface area contributed by atoms with Crippen LogP contribution in [0.2, 0.25) is 0 Å². The molecule has 0 atom stereocenters. The topological polar surface area (TPSA) is 153 Å². The number of aromatic amines is 1. The van der Waals surface area contributed by atoms with Gasteiger partial charge in [-0.15, -0.1) is 0 Å². The Morgan fingerprint density at radius 1 is 1.19 bits per heavy atom. The summed E-state index contributed by atoms with van der Waals surface area (Å²) in [5.74, 6) is 0.0449. The number of nitro groups is 1. The molecule has 4 rings (SSSR count). The van der Waals surface area contributed by atoms with E-state index < -0.39 is 4.92 Å². The molecule has 0 saturated heterocycles. The normalized spacial score (nSPS) is 10.9. The summed E-state index contributed by atoms with van der Waals surface area (Å²) in [5.41, 5.74) is 8.98. The first kappa shape index (κ1) is 20.3. The van der Waals surface area contributed by atoms with E-state index in [9.17, 15) is 14.9 Å². The van der Waals surface area contributed by atoms with Gasteiger partial charge in [-0.3, -0.25) is 20.0 Å². The Morgan fingerprint density at radius 3 is 2.55 bits per heavy atom. The second-order valence-corrected chi connectivity index (χ2v) is 7.82. The zero-order valence-electron chi connectivity index (χ0n) is 16.5. The maximum absolute atomic E-state index is 11.5. The van der Waals surface area contributed by atoms with Gasteiger partial charge in [0.15, 0.2) is 5.16 Å². The number of anilines is 2. The highest BCUT2D eigenvalue weighted by Crippen LogP contribution is 2.36. The molecular weight excluding hydrogens is 418 g/mol. The largest absolute Gasteiger partial charge is 0.383 e.